The molecule has 0 saturated carbocycles. The van der Waals surface area contributed by atoms with Gasteiger partial charge in [-0.3, -0.25) is 0 Å². The number of benzene rings is 3. The predicted octanol–water partition coefficient (Wildman–Crippen LogP) is 6.46. The first-order valence-corrected chi connectivity index (χ1v) is 11.5. The van der Waals surface area contributed by atoms with E-state index in [-0.39, 0.29) is 5.41 Å². The van der Waals surface area contributed by atoms with Crippen LogP contribution in [0.25, 0.3) is 0 Å². The molecule has 0 bridgehead atoms. The van der Waals surface area contributed by atoms with Crippen molar-refractivity contribution in [3.63, 3.8) is 0 Å². The molecule has 0 unspecified atom stereocenters. The van der Waals surface area contributed by atoms with E-state index in [1.807, 2.05) is 0 Å². The van der Waals surface area contributed by atoms with Gasteiger partial charge in [-0.05, 0) is 0 Å². The van der Waals surface area contributed by atoms with Gasteiger partial charge in [-0.15, -0.1) is 0 Å². The van der Waals surface area contributed by atoms with Crippen LogP contribution in [-0.4, -0.2) is 29.5 Å². The summed E-state index contributed by atoms with van der Waals surface area (Å²) in [5.41, 5.74) is 4.06. The SMILES string of the molecule is [Sn][O]CCCCCCCC(c1ccccc1)(c1ccccc1)c1ccccc1. The number of rotatable bonds is 11. The van der Waals surface area contributed by atoms with Crippen LogP contribution in [0, 0.1) is 0 Å². The molecule has 3 radical (unpaired) electrons. The summed E-state index contributed by atoms with van der Waals surface area (Å²) >= 11 is 1.19. The molecule has 0 saturated heterocycles. The first-order chi connectivity index (χ1) is 13.9. The Bertz CT molecular complexity index is 690. The summed E-state index contributed by atoms with van der Waals surface area (Å²) in [6.45, 7) is 0.917. The van der Waals surface area contributed by atoms with Gasteiger partial charge in [0.15, 0.2) is 0 Å². The number of hydrogen-bond donors (Lipinski definition) is 0. The zero-order valence-corrected chi connectivity index (χ0v) is 19.4. The molecule has 0 aliphatic heterocycles. The fourth-order valence-corrected chi connectivity index (χ4v) is 4.61. The van der Waals surface area contributed by atoms with Gasteiger partial charge >= 0.3 is 166 Å². The number of unbranched alkanes of at least 4 members (excludes halogenated alkanes) is 4. The zero-order valence-electron chi connectivity index (χ0n) is 16.5. The zero-order chi connectivity index (χ0) is 19.5. The first-order valence-electron chi connectivity index (χ1n) is 10.3. The van der Waals surface area contributed by atoms with Crippen molar-refractivity contribution >= 4 is 22.9 Å². The van der Waals surface area contributed by atoms with Gasteiger partial charge in [-0.1, -0.05) is 18.2 Å². The Balaban J connectivity index is 1.91. The molecule has 0 spiro atoms. The molecule has 0 heterocycles. The van der Waals surface area contributed by atoms with Crippen LogP contribution >= 0.6 is 0 Å². The van der Waals surface area contributed by atoms with Crippen LogP contribution in [0.15, 0.2) is 91.0 Å². The molecule has 143 valence electrons. The summed E-state index contributed by atoms with van der Waals surface area (Å²) in [6, 6.07) is 33.1. The normalized spacial score (nSPS) is 11.5. The van der Waals surface area contributed by atoms with Crippen LogP contribution in [0.4, 0.5) is 0 Å². The molecule has 1 nitrogen and oxygen atoms in total. The van der Waals surface area contributed by atoms with Crippen molar-refractivity contribution in [2.24, 2.45) is 0 Å². The van der Waals surface area contributed by atoms with Crippen molar-refractivity contribution in [3.05, 3.63) is 108 Å². The summed E-state index contributed by atoms with van der Waals surface area (Å²) in [4.78, 5) is 0. The Kier molecular flexibility index (Phi) is 8.63. The molecule has 0 aliphatic carbocycles. The fraction of sp³-hybridized carbons (Fsp3) is 0.308. The quantitative estimate of drug-likeness (QED) is 0.175. The van der Waals surface area contributed by atoms with Gasteiger partial charge in [0.1, 0.15) is 0 Å². The van der Waals surface area contributed by atoms with Crippen LogP contribution in [0.5, 0.6) is 0 Å². The van der Waals surface area contributed by atoms with E-state index in [1.54, 1.807) is 0 Å². The first kappa shape index (κ1) is 21.1. The van der Waals surface area contributed by atoms with Crippen LogP contribution in [-0.2, 0) is 8.49 Å². The second-order valence-electron chi connectivity index (χ2n) is 7.37. The van der Waals surface area contributed by atoms with E-state index in [0.717, 1.165) is 13.0 Å². The number of hydrogen-bond acceptors (Lipinski definition) is 1. The summed E-state index contributed by atoms with van der Waals surface area (Å²) in [5.74, 6) is 0. The van der Waals surface area contributed by atoms with Crippen LogP contribution in [0.1, 0.15) is 55.2 Å². The summed E-state index contributed by atoms with van der Waals surface area (Å²) in [5, 5.41) is 0. The summed E-state index contributed by atoms with van der Waals surface area (Å²) in [7, 11) is 0. The van der Waals surface area contributed by atoms with E-state index in [1.165, 1.54) is 71.7 Å². The molecule has 28 heavy (non-hydrogen) atoms. The van der Waals surface area contributed by atoms with Crippen LogP contribution in [0.3, 0.4) is 0 Å². The summed E-state index contributed by atoms with van der Waals surface area (Å²) in [6.07, 6.45) is 7.35. The molecule has 3 aromatic rings. The fourth-order valence-electron chi connectivity index (χ4n) is 4.20. The maximum atomic E-state index is 5.27. The standard InChI is InChI=1S/C26H29O.Sn/c27-22-14-3-1-2-13-21-26(23-15-7-4-8-16-23,24-17-9-5-10-18-24)25-19-11-6-12-20-25;/h4-12,15-20H,1-3,13-14,21-22H2;/q-1;+1. The average Bonchev–Trinajstić information content (AvgIpc) is 2.78. The van der Waals surface area contributed by atoms with E-state index in [2.05, 4.69) is 91.0 Å². The molecule has 0 atom stereocenters. The van der Waals surface area contributed by atoms with Gasteiger partial charge in [0.05, 0.1) is 0 Å². The predicted molar refractivity (Wildman–Crippen MR) is 119 cm³/mol. The molecule has 0 aromatic heterocycles. The van der Waals surface area contributed by atoms with Crippen molar-refractivity contribution in [3.8, 4) is 0 Å². The molecule has 0 aliphatic rings. The van der Waals surface area contributed by atoms with Crippen molar-refractivity contribution in [2.45, 2.75) is 43.9 Å². The third-order valence-corrected chi connectivity index (χ3v) is 6.18. The molecule has 0 fully saturated rings. The van der Waals surface area contributed by atoms with Gasteiger partial charge in [0, 0.05) is 0 Å². The third-order valence-electron chi connectivity index (χ3n) is 5.60. The van der Waals surface area contributed by atoms with Crippen molar-refractivity contribution in [1.82, 2.24) is 0 Å². The molecule has 0 N–H and O–H groups in total. The van der Waals surface area contributed by atoms with Crippen molar-refractivity contribution in [1.29, 1.82) is 0 Å². The Labute approximate surface area is 183 Å². The summed E-state index contributed by atoms with van der Waals surface area (Å²) < 4.78 is 5.27. The monoisotopic (exact) mass is 477 g/mol. The Morgan fingerprint density at radius 1 is 0.536 bits per heavy atom. The Morgan fingerprint density at radius 2 is 0.929 bits per heavy atom. The minimum absolute atomic E-state index is 0.0973. The van der Waals surface area contributed by atoms with E-state index < -0.39 is 0 Å². The minimum atomic E-state index is -0.0973. The topological polar surface area (TPSA) is 9.23 Å². The molecule has 2 heteroatoms. The molecule has 3 aromatic carbocycles. The Morgan fingerprint density at radius 3 is 1.36 bits per heavy atom. The molecule has 0 amide bonds. The van der Waals surface area contributed by atoms with Gasteiger partial charge in [0.2, 0.25) is 0 Å². The van der Waals surface area contributed by atoms with E-state index in [4.69, 9.17) is 3.07 Å². The second kappa shape index (κ2) is 11.4. The molecular formula is C26H29OSn. The van der Waals surface area contributed by atoms with Gasteiger partial charge in [-0.25, -0.2) is 0 Å². The second-order valence-corrected chi connectivity index (χ2v) is 8.19. The van der Waals surface area contributed by atoms with E-state index in [9.17, 15) is 0 Å². The molecule has 3 rings (SSSR count). The van der Waals surface area contributed by atoms with Crippen molar-refractivity contribution < 1.29 is 3.07 Å². The average molecular weight is 476 g/mol. The van der Waals surface area contributed by atoms with Crippen molar-refractivity contribution in [2.75, 3.05) is 6.61 Å². The van der Waals surface area contributed by atoms with E-state index in [0.29, 0.717) is 0 Å². The van der Waals surface area contributed by atoms with Gasteiger partial charge in [-0.2, -0.15) is 0 Å². The van der Waals surface area contributed by atoms with E-state index >= 15 is 0 Å². The van der Waals surface area contributed by atoms with Gasteiger partial charge < -0.3 is 0 Å². The maximum absolute atomic E-state index is 5.27. The van der Waals surface area contributed by atoms with Gasteiger partial charge in [0.25, 0.3) is 0 Å². The van der Waals surface area contributed by atoms with Crippen LogP contribution in [0.2, 0.25) is 0 Å². The van der Waals surface area contributed by atoms with Crippen LogP contribution < -0.4 is 0 Å². The molecular weight excluding hydrogens is 447 g/mol. The third kappa shape index (κ3) is 5.27. The Hall–Kier alpha value is -1.58.